The van der Waals surface area contributed by atoms with E-state index >= 15 is 0 Å². The fraction of sp³-hybridized carbons (Fsp3) is 0.286. The molecule has 0 aromatic heterocycles. The van der Waals surface area contributed by atoms with Crippen LogP contribution >= 0.6 is 0 Å². The van der Waals surface area contributed by atoms with E-state index in [0.717, 1.165) is 0 Å². The molecule has 6 heteroatoms. The molecule has 2 aromatic rings. The second kappa shape index (κ2) is 8.98. The van der Waals surface area contributed by atoms with Gasteiger partial charge in [-0.2, -0.15) is 0 Å². The molecule has 0 saturated heterocycles. The van der Waals surface area contributed by atoms with Crippen LogP contribution in [0.2, 0.25) is 0 Å². The standard InChI is InChI=1S/C21H23NO5/c1-13(2)26-19-11-7-17(8-12-19)21(25)27-15(4)20(24)22-18-9-5-16(6-10-18)14(3)23/h5-13,15H,1-4H3,(H,22,24)/t15-/m0/s1. The van der Waals surface area contributed by atoms with E-state index in [4.69, 9.17) is 9.47 Å². The topological polar surface area (TPSA) is 81.7 Å². The van der Waals surface area contributed by atoms with Crippen molar-refractivity contribution in [2.75, 3.05) is 5.32 Å². The number of carbonyl (C=O) groups excluding carboxylic acids is 3. The number of ketones is 1. The van der Waals surface area contributed by atoms with Gasteiger partial charge in [0.15, 0.2) is 11.9 Å². The van der Waals surface area contributed by atoms with E-state index in [2.05, 4.69) is 5.32 Å². The molecule has 0 aliphatic carbocycles. The van der Waals surface area contributed by atoms with Gasteiger partial charge in [0.05, 0.1) is 11.7 Å². The summed E-state index contributed by atoms with van der Waals surface area (Å²) in [6.07, 6.45) is -0.937. The first kappa shape index (κ1) is 20.2. The first-order valence-electron chi connectivity index (χ1n) is 8.66. The molecule has 0 unspecified atom stereocenters. The quantitative estimate of drug-likeness (QED) is 0.592. The Kier molecular flexibility index (Phi) is 6.71. The van der Waals surface area contributed by atoms with Crippen LogP contribution in [0.5, 0.6) is 5.75 Å². The molecular formula is C21H23NO5. The van der Waals surface area contributed by atoms with Crippen molar-refractivity contribution in [2.45, 2.75) is 39.9 Å². The van der Waals surface area contributed by atoms with Gasteiger partial charge in [-0.05, 0) is 76.2 Å². The van der Waals surface area contributed by atoms with Gasteiger partial charge in [0.2, 0.25) is 0 Å². The smallest absolute Gasteiger partial charge is 0.338 e. The molecule has 0 aliphatic heterocycles. The molecule has 0 aliphatic rings. The number of rotatable bonds is 7. The molecule has 2 rings (SSSR count). The second-order valence-corrected chi connectivity index (χ2v) is 6.36. The zero-order valence-electron chi connectivity index (χ0n) is 15.8. The highest BCUT2D eigenvalue weighted by Crippen LogP contribution is 2.16. The number of nitrogens with one attached hydrogen (secondary N) is 1. The number of anilines is 1. The Morgan fingerprint density at radius 2 is 1.41 bits per heavy atom. The first-order valence-corrected chi connectivity index (χ1v) is 8.66. The minimum absolute atomic E-state index is 0.0380. The predicted molar refractivity (Wildman–Crippen MR) is 102 cm³/mol. The van der Waals surface area contributed by atoms with E-state index in [1.165, 1.54) is 13.8 Å². The summed E-state index contributed by atoms with van der Waals surface area (Å²) < 4.78 is 10.7. The van der Waals surface area contributed by atoms with Gasteiger partial charge in [0, 0.05) is 11.3 Å². The minimum atomic E-state index is -0.975. The highest BCUT2D eigenvalue weighted by atomic mass is 16.5. The molecule has 1 atom stereocenters. The zero-order chi connectivity index (χ0) is 20.0. The lowest BCUT2D eigenvalue weighted by atomic mass is 10.1. The maximum atomic E-state index is 12.2. The zero-order valence-corrected chi connectivity index (χ0v) is 15.8. The van der Waals surface area contributed by atoms with Crippen molar-refractivity contribution in [3.8, 4) is 5.75 Å². The fourth-order valence-corrected chi connectivity index (χ4v) is 2.26. The molecule has 0 fully saturated rings. The number of ether oxygens (including phenoxy) is 2. The highest BCUT2D eigenvalue weighted by Gasteiger charge is 2.19. The van der Waals surface area contributed by atoms with Crippen molar-refractivity contribution in [3.05, 3.63) is 59.7 Å². The monoisotopic (exact) mass is 369 g/mol. The van der Waals surface area contributed by atoms with E-state index in [1.54, 1.807) is 48.5 Å². The number of esters is 1. The lowest BCUT2D eigenvalue weighted by Gasteiger charge is -2.14. The van der Waals surface area contributed by atoms with Gasteiger partial charge in [0.1, 0.15) is 5.75 Å². The molecule has 6 nitrogen and oxygen atoms in total. The van der Waals surface area contributed by atoms with E-state index in [9.17, 15) is 14.4 Å². The third-order valence-electron chi connectivity index (χ3n) is 3.67. The van der Waals surface area contributed by atoms with Crippen LogP contribution < -0.4 is 10.1 Å². The number of hydrogen-bond donors (Lipinski definition) is 1. The summed E-state index contributed by atoms with van der Waals surface area (Å²) >= 11 is 0. The van der Waals surface area contributed by atoms with Crippen molar-refractivity contribution in [1.29, 1.82) is 0 Å². The summed E-state index contributed by atoms with van der Waals surface area (Å²) in [6, 6.07) is 13.0. The average molecular weight is 369 g/mol. The third-order valence-corrected chi connectivity index (χ3v) is 3.67. The Bertz CT molecular complexity index is 809. The van der Waals surface area contributed by atoms with E-state index in [1.807, 2.05) is 13.8 Å². The van der Waals surface area contributed by atoms with Crippen LogP contribution in [-0.4, -0.2) is 29.9 Å². The van der Waals surface area contributed by atoms with Crippen molar-refractivity contribution < 1.29 is 23.9 Å². The second-order valence-electron chi connectivity index (χ2n) is 6.36. The molecule has 0 bridgehead atoms. The van der Waals surface area contributed by atoms with Crippen molar-refractivity contribution in [1.82, 2.24) is 0 Å². The summed E-state index contributed by atoms with van der Waals surface area (Å²) in [6.45, 7) is 6.79. The van der Waals surface area contributed by atoms with Gasteiger partial charge in [0.25, 0.3) is 5.91 Å². The van der Waals surface area contributed by atoms with E-state index < -0.39 is 18.0 Å². The number of Topliss-reactive ketones (excluding diaryl/α,β-unsaturated/α-hetero) is 1. The van der Waals surface area contributed by atoms with Gasteiger partial charge in [-0.1, -0.05) is 0 Å². The molecule has 0 heterocycles. The SMILES string of the molecule is CC(=O)c1ccc(NC(=O)[C@H](C)OC(=O)c2ccc(OC(C)C)cc2)cc1. The Morgan fingerprint density at radius 3 is 1.93 bits per heavy atom. The van der Waals surface area contributed by atoms with E-state index in [-0.39, 0.29) is 11.9 Å². The average Bonchev–Trinajstić information content (AvgIpc) is 2.62. The van der Waals surface area contributed by atoms with Crippen LogP contribution in [0.4, 0.5) is 5.69 Å². The van der Waals surface area contributed by atoms with Gasteiger partial charge in [-0.25, -0.2) is 4.79 Å². The normalized spacial score (nSPS) is 11.6. The number of benzene rings is 2. The van der Waals surface area contributed by atoms with Gasteiger partial charge in [-0.3, -0.25) is 9.59 Å². The summed E-state index contributed by atoms with van der Waals surface area (Å²) in [5, 5.41) is 2.65. The van der Waals surface area contributed by atoms with Crippen molar-refractivity contribution in [3.63, 3.8) is 0 Å². The molecular weight excluding hydrogens is 346 g/mol. The Hall–Kier alpha value is -3.15. The predicted octanol–water partition coefficient (Wildman–Crippen LogP) is 3.86. The number of carbonyl (C=O) groups is 3. The number of amides is 1. The van der Waals surface area contributed by atoms with Crippen LogP contribution in [0.15, 0.2) is 48.5 Å². The van der Waals surface area contributed by atoms with Gasteiger partial charge in [-0.15, -0.1) is 0 Å². The molecule has 0 spiro atoms. The maximum absolute atomic E-state index is 12.2. The van der Waals surface area contributed by atoms with Crippen molar-refractivity contribution >= 4 is 23.3 Å². The van der Waals surface area contributed by atoms with Crippen LogP contribution in [0.3, 0.4) is 0 Å². The summed E-state index contributed by atoms with van der Waals surface area (Å²) in [7, 11) is 0. The fourth-order valence-electron chi connectivity index (χ4n) is 2.26. The van der Waals surface area contributed by atoms with Crippen molar-refractivity contribution in [2.24, 2.45) is 0 Å². The third kappa shape index (κ3) is 5.95. The van der Waals surface area contributed by atoms with Gasteiger partial charge < -0.3 is 14.8 Å². The van der Waals surface area contributed by atoms with Crippen LogP contribution in [0, 0.1) is 0 Å². The summed E-state index contributed by atoms with van der Waals surface area (Å²) in [5.74, 6) is -0.458. The molecule has 0 saturated carbocycles. The summed E-state index contributed by atoms with van der Waals surface area (Å²) in [5.41, 5.74) is 1.40. The first-order chi connectivity index (χ1) is 12.8. The largest absolute Gasteiger partial charge is 0.491 e. The molecule has 1 amide bonds. The molecule has 2 aromatic carbocycles. The lowest BCUT2D eigenvalue weighted by Crippen LogP contribution is -2.30. The molecule has 27 heavy (non-hydrogen) atoms. The minimum Gasteiger partial charge on any atom is -0.491 e. The molecule has 1 N–H and O–H groups in total. The lowest BCUT2D eigenvalue weighted by molar-refractivity contribution is -0.123. The molecule has 0 radical (unpaired) electrons. The Balaban J connectivity index is 1.92. The Labute approximate surface area is 158 Å². The van der Waals surface area contributed by atoms with E-state index in [0.29, 0.717) is 22.6 Å². The maximum Gasteiger partial charge on any atom is 0.338 e. The number of hydrogen-bond acceptors (Lipinski definition) is 5. The van der Waals surface area contributed by atoms with Crippen LogP contribution in [0.1, 0.15) is 48.4 Å². The summed E-state index contributed by atoms with van der Waals surface area (Å²) in [4.78, 5) is 35.6. The van der Waals surface area contributed by atoms with Crippen LogP contribution in [-0.2, 0) is 9.53 Å². The van der Waals surface area contributed by atoms with Crippen LogP contribution in [0.25, 0.3) is 0 Å². The molecule has 142 valence electrons. The van der Waals surface area contributed by atoms with Gasteiger partial charge >= 0.3 is 5.97 Å². The Morgan fingerprint density at radius 1 is 0.852 bits per heavy atom. The highest BCUT2D eigenvalue weighted by molar-refractivity contribution is 5.98.